The number of benzene rings is 1. The molecule has 9 heteroatoms. The van der Waals surface area contributed by atoms with Crippen LogP contribution in [0, 0.1) is 17.0 Å². The molecular formula is C14H13N3O5S. The van der Waals surface area contributed by atoms with Gasteiger partial charge in [0.2, 0.25) is 0 Å². The highest BCUT2D eigenvalue weighted by Gasteiger charge is 2.16. The van der Waals surface area contributed by atoms with E-state index in [-0.39, 0.29) is 21.8 Å². The van der Waals surface area contributed by atoms with Crippen molar-refractivity contribution in [3.8, 4) is 0 Å². The van der Waals surface area contributed by atoms with Crippen LogP contribution in [0.4, 0.5) is 11.4 Å². The van der Waals surface area contributed by atoms with Crippen molar-refractivity contribution in [3.05, 3.63) is 57.9 Å². The molecule has 2 rings (SSSR count). The lowest BCUT2D eigenvalue weighted by Gasteiger charge is -2.08. The molecule has 0 bridgehead atoms. The summed E-state index contributed by atoms with van der Waals surface area (Å²) in [5.74, 6) is -0.607. The van der Waals surface area contributed by atoms with Gasteiger partial charge in [0.05, 0.1) is 21.1 Å². The Morgan fingerprint density at radius 1 is 1.30 bits per heavy atom. The van der Waals surface area contributed by atoms with Crippen molar-refractivity contribution >= 4 is 27.1 Å². The van der Waals surface area contributed by atoms with Gasteiger partial charge in [-0.1, -0.05) is 6.07 Å². The molecule has 0 spiro atoms. The number of carbonyl (C=O) groups is 1. The van der Waals surface area contributed by atoms with Gasteiger partial charge in [-0.15, -0.1) is 0 Å². The summed E-state index contributed by atoms with van der Waals surface area (Å²) < 4.78 is 23.0. The quantitative estimate of drug-likeness (QED) is 0.673. The number of nitrogens with one attached hydrogen (secondary N) is 1. The lowest BCUT2D eigenvalue weighted by molar-refractivity contribution is -0.385. The fourth-order valence-corrected chi connectivity index (χ4v) is 2.52. The zero-order chi connectivity index (χ0) is 17.2. The molecule has 0 radical (unpaired) electrons. The maximum absolute atomic E-state index is 12.2. The third-order valence-corrected chi connectivity index (χ3v) is 4.16. The van der Waals surface area contributed by atoms with Crippen molar-refractivity contribution in [1.82, 2.24) is 4.98 Å². The van der Waals surface area contributed by atoms with Crippen LogP contribution in [-0.2, 0) is 9.84 Å². The van der Waals surface area contributed by atoms with Gasteiger partial charge in [0, 0.05) is 18.0 Å². The first-order chi connectivity index (χ1) is 10.7. The van der Waals surface area contributed by atoms with E-state index in [1.165, 1.54) is 24.3 Å². The Labute approximate surface area is 132 Å². The predicted octanol–water partition coefficient (Wildman–Crippen LogP) is 1.95. The maximum Gasteiger partial charge on any atom is 0.288 e. The van der Waals surface area contributed by atoms with Gasteiger partial charge in [-0.05, 0) is 25.1 Å². The van der Waals surface area contributed by atoms with Gasteiger partial charge in [0.1, 0.15) is 6.20 Å². The number of hydrogen-bond donors (Lipinski definition) is 1. The monoisotopic (exact) mass is 335 g/mol. The first-order valence-corrected chi connectivity index (χ1v) is 8.30. The number of aromatic nitrogens is 1. The molecule has 0 fully saturated rings. The lowest BCUT2D eigenvalue weighted by Crippen LogP contribution is -2.15. The second-order valence-electron chi connectivity index (χ2n) is 4.84. The summed E-state index contributed by atoms with van der Waals surface area (Å²) in [6.45, 7) is 1.55. The van der Waals surface area contributed by atoms with Crippen LogP contribution < -0.4 is 5.32 Å². The van der Waals surface area contributed by atoms with Crippen molar-refractivity contribution < 1.29 is 18.1 Å². The highest BCUT2D eigenvalue weighted by Crippen LogP contribution is 2.19. The van der Waals surface area contributed by atoms with Gasteiger partial charge in [0.15, 0.2) is 9.84 Å². The van der Waals surface area contributed by atoms with Crippen LogP contribution in [0.2, 0.25) is 0 Å². The Kier molecular flexibility index (Phi) is 4.41. The van der Waals surface area contributed by atoms with E-state index in [0.29, 0.717) is 5.69 Å². The van der Waals surface area contributed by atoms with E-state index in [1.807, 2.05) is 0 Å². The minimum Gasteiger partial charge on any atom is -0.322 e. The number of pyridine rings is 1. The zero-order valence-corrected chi connectivity index (χ0v) is 13.1. The van der Waals surface area contributed by atoms with Crippen LogP contribution in [-0.4, -0.2) is 30.5 Å². The average Bonchev–Trinajstić information content (AvgIpc) is 2.46. The third kappa shape index (κ3) is 3.89. The molecule has 1 heterocycles. The Balaban J connectivity index is 2.33. The molecule has 0 aliphatic heterocycles. The first-order valence-electron chi connectivity index (χ1n) is 6.41. The fourth-order valence-electron chi connectivity index (χ4n) is 1.85. The smallest absolute Gasteiger partial charge is 0.288 e. The fraction of sp³-hybridized carbons (Fsp3) is 0.143. The van der Waals surface area contributed by atoms with E-state index >= 15 is 0 Å². The Morgan fingerprint density at radius 3 is 2.61 bits per heavy atom. The predicted molar refractivity (Wildman–Crippen MR) is 83.1 cm³/mol. The number of rotatable bonds is 4. The number of nitro groups is 1. The summed E-state index contributed by atoms with van der Waals surface area (Å²) in [7, 11) is -3.40. The lowest BCUT2D eigenvalue weighted by atomic mass is 10.1. The van der Waals surface area contributed by atoms with Gasteiger partial charge in [-0.25, -0.2) is 8.42 Å². The third-order valence-electron chi connectivity index (χ3n) is 3.05. The minimum absolute atomic E-state index is 0.0453. The summed E-state index contributed by atoms with van der Waals surface area (Å²) in [6.07, 6.45) is 2.12. The molecule has 2 aromatic rings. The highest BCUT2D eigenvalue weighted by molar-refractivity contribution is 7.90. The number of amides is 1. The molecular weight excluding hydrogens is 322 g/mol. The number of anilines is 1. The number of nitrogens with zero attached hydrogens (tertiary/aromatic N) is 2. The number of hydrogen-bond acceptors (Lipinski definition) is 6. The van der Waals surface area contributed by atoms with Gasteiger partial charge in [0.25, 0.3) is 11.6 Å². The summed E-state index contributed by atoms with van der Waals surface area (Å²) in [4.78, 5) is 26.3. The van der Waals surface area contributed by atoms with Crippen LogP contribution in [0.3, 0.4) is 0 Å². The number of carbonyl (C=O) groups excluding carboxylic acids is 1. The van der Waals surface area contributed by atoms with Crippen molar-refractivity contribution in [2.75, 3.05) is 11.6 Å². The first kappa shape index (κ1) is 16.6. The standard InChI is InChI=1S/C14H13N3O5S/c1-9-13(7-11(8-15-9)17(19)20)14(18)16-10-4-3-5-12(6-10)23(2,21)22/h3-8H,1-2H3,(H,16,18). The Morgan fingerprint density at radius 2 is 2.00 bits per heavy atom. The number of aryl methyl sites for hydroxylation is 1. The second-order valence-corrected chi connectivity index (χ2v) is 6.85. The van der Waals surface area contributed by atoms with Gasteiger partial charge in [-0.2, -0.15) is 0 Å². The van der Waals surface area contributed by atoms with Crippen LogP contribution in [0.25, 0.3) is 0 Å². The molecule has 0 unspecified atom stereocenters. The zero-order valence-electron chi connectivity index (χ0n) is 12.3. The summed E-state index contributed by atoms with van der Waals surface area (Å²) >= 11 is 0. The molecule has 8 nitrogen and oxygen atoms in total. The van der Waals surface area contributed by atoms with Gasteiger partial charge >= 0.3 is 0 Å². The Bertz CT molecular complexity index is 893. The van der Waals surface area contributed by atoms with E-state index in [1.54, 1.807) is 6.92 Å². The summed E-state index contributed by atoms with van der Waals surface area (Å²) in [6, 6.07) is 6.85. The Hall–Kier alpha value is -2.81. The molecule has 1 amide bonds. The maximum atomic E-state index is 12.2. The van der Waals surface area contributed by atoms with Crippen molar-refractivity contribution in [1.29, 1.82) is 0 Å². The minimum atomic E-state index is -3.40. The largest absolute Gasteiger partial charge is 0.322 e. The molecule has 0 saturated carbocycles. The molecule has 23 heavy (non-hydrogen) atoms. The summed E-state index contributed by atoms with van der Waals surface area (Å²) in [5, 5.41) is 13.3. The molecule has 0 saturated heterocycles. The van der Waals surface area contributed by atoms with E-state index in [0.717, 1.165) is 18.5 Å². The molecule has 0 aliphatic carbocycles. The molecule has 1 aromatic heterocycles. The SMILES string of the molecule is Cc1ncc([N+](=O)[O-])cc1C(=O)Nc1cccc(S(C)(=O)=O)c1. The van der Waals surface area contributed by atoms with Crippen molar-refractivity contribution in [3.63, 3.8) is 0 Å². The topological polar surface area (TPSA) is 119 Å². The average molecular weight is 335 g/mol. The van der Waals surface area contributed by atoms with Crippen LogP contribution in [0.15, 0.2) is 41.4 Å². The summed E-state index contributed by atoms with van der Waals surface area (Å²) in [5.41, 5.74) is 0.339. The van der Waals surface area contributed by atoms with Crippen molar-refractivity contribution in [2.24, 2.45) is 0 Å². The highest BCUT2D eigenvalue weighted by atomic mass is 32.2. The van der Waals surface area contributed by atoms with Gasteiger partial charge < -0.3 is 5.32 Å². The van der Waals surface area contributed by atoms with Gasteiger partial charge in [-0.3, -0.25) is 19.9 Å². The van der Waals surface area contributed by atoms with E-state index in [9.17, 15) is 23.3 Å². The van der Waals surface area contributed by atoms with E-state index < -0.39 is 20.7 Å². The molecule has 1 aromatic carbocycles. The number of sulfone groups is 1. The van der Waals surface area contributed by atoms with Crippen molar-refractivity contribution in [2.45, 2.75) is 11.8 Å². The molecule has 1 N–H and O–H groups in total. The van der Waals surface area contributed by atoms with E-state index in [2.05, 4.69) is 10.3 Å². The molecule has 0 atom stereocenters. The molecule has 120 valence electrons. The van der Waals surface area contributed by atoms with Crippen LogP contribution >= 0.6 is 0 Å². The van der Waals surface area contributed by atoms with E-state index in [4.69, 9.17) is 0 Å². The normalized spacial score (nSPS) is 11.0. The van der Waals surface area contributed by atoms with Crippen LogP contribution in [0.5, 0.6) is 0 Å². The van der Waals surface area contributed by atoms with Crippen LogP contribution in [0.1, 0.15) is 16.1 Å². The second kappa shape index (κ2) is 6.13. The molecule has 0 aliphatic rings.